The van der Waals surface area contributed by atoms with Gasteiger partial charge in [-0.2, -0.15) is 0 Å². The van der Waals surface area contributed by atoms with E-state index >= 15 is 0 Å². The van der Waals surface area contributed by atoms with Crippen LogP contribution in [0.1, 0.15) is 12.0 Å². The van der Waals surface area contributed by atoms with Crippen LogP contribution in [0.3, 0.4) is 0 Å². The van der Waals surface area contributed by atoms with Crippen molar-refractivity contribution in [2.75, 3.05) is 5.33 Å². The number of rotatable bonds is 3. The van der Waals surface area contributed by atoms with Gasteiger partial charge in [0.05, 0.1) is 11.0 Å². The van der Waals surface area contributed by atoms with Crippen molar-refractivity contribution >= 4 is 27.4 Å². The first kappa shape index (κ1) is 10.4. The van der Waals surface area contributed by atoms with E-state index in [2.05, 4.69) is 21.1 Å². The summed E-state index contributed by atoms with van der Waals surface area (Å²) < 4.78 is 0. The molecule has 1 aromatic carbocycles. The molecular weight excluding hydrogens is 258 g/mol. The molecular formula is C11H10BrNO2. The Labute approximate surface area is 96.2 Å². The van der Waals surface area contributed by atoms with E-state index < -0.39 is 6.10 Å². The lowest BCUT2D eigenvalue weighted by Crippen LogP contribution is -2.21. The Bertz CT molecular complexity index is 389. The zero-order chi connectivity index (χ0) is 10.7. The van der Waals surface area contributed by atoms with Crippen LogP contribution in [0.15, 0.2) is 35.5 Å². The summed E-state index contributed by atoms with van der Waals surface area (Å²) in [5, 5.41) is 4.25. The summed E-state index contributed by atoms with van der Waals surface area (Å²) in [4.78, 5) is 16.4. The highest BCUT2D eigenvalue weighted by molar-refractivity contribution is 9.09. The number of halogens is 1. The first-order valence-electron chi connectivity index (χ1n) is 4.68. The first-order valence-corrected chi connectivity index (χ1v) is 5.80. The molecule has 0 amide bonds. The molecule has 1 atom stereocenters. The monoisotopic (exact) mass is 267 g/mol. The van der Waals surface area contributed by atoms with E-state index in [4.69, 9.17) is 4.84 Å². The lowest BCUT2D eigenvalue weighted by molar-refractivity contribution is -0.126. The molecule has 1 unspecified atom stereocenters. The molecule has 0 aromatic heterocycles. The summed E-state index contributed by atoms with van der Waals surface area (Å²) in [6.45, 7) is 0. The molecule has 0 bridgehead atoms. The third-order valence-electron chi connectivity index (χ3n) is 2.27. The van der Waals surface area contributed by atoms with Crippen molar-refractivity contribution in [3.05, 3.63) is 35.9 Å². The molecule has 0 saturated carbocycles. The zero-order valence-electron chi connectivity index (χ0n) is 8.02. The Morgan fingerprint density at radius 2 is 2.20 bits per heavy atom. The Kier molecular flexibility index (Phi) is 3.16. The Hall–Kier alpha value is -1.16. The number of nitrogens with zero attached hydrogens (tertiary/aromatic N) is 1. The highest BCUT2D eigenvalue weighted by Gasteiger charge is 2.27. The lowest BCUT2D eigenvalue weighted by atomic mass is 10.0. The Balaban J connectivity index is 2.07. The van der Waals surface area contributed by atoms with Crippen molar-refractivity contribution < 1.29 is 9.63 Å². The van der Waals surface area contributed by atoms with Gasteiger partial charge in [-0.05, 0) is 5.56 Å². The highest BCUT2D eigenvalue weighted by Crippen LogP contribution is 2.17. The van der Waals surface area contributed by atoms with E-state index in [1.807, 2.05) is 30.3 Å². The molecule has 4 heteroatoms. The van der Waals surface area contributed by atoms with Crippen LogP contribution in [0.5, 0.6) is 0 Å². The number of alkyl halides is 1. The standard InChI is InChI=1S/C11H10BrNO2/c12-7-10(14)11-6-9(13-15-11)8-4-2-1-3-5-8/h1-5,11H,6-7H2. The van der Waals surface area contributed by atoms with Gasteiger partial charge in [0.1, 0.15) is 0 Å². The molecule has 0 fully saturated rings. The smallest absolute Gasteiger partial charge is 0.191 e. The molecule has 1 aromatic rings. The molecule has 3 nitrogen and oxygen atoms in total. The number of hydrogen-bond acceptors (Lipinski definition) is 3. The minimum absolute atomic E-state index is 0.0321. The van der Waals surface area contributed by atoms with Gasteiger partial charge in [-0.1, -0.05) is 51.4 Å². The Morgan fingerprint density at radius 1 is 1.47 bits per heavy atom. The maximum atomic E-state index is 11.3. The fourth-order valence-electron chi connectivity index (χ4n) is 1.44. The van der Waals surface area contributed by atoms with Gasteiger partial charge in [0.25, 0.3) is 0 Å². The van der Waals surface area contributed by atoms with Crippen molar-refractivity contribution in [2.24, 2.45) is 5.16 Å². The van der Waals surface area contributed by atoms with Gasteiger partial charge in [0.15, 0.2) is 11.9 Å². The van der Waals surface area contributed by atoms with Crippen LogP contribution in [0.4, 0.5) is 0 Å². The number of benzene rings is 1. The number of carbonyl (C=O) groups excluding carboxylic acids is 1. The van der Waals surface area contributed by atoms with E-state index in [1.165, 1.54) is 0 Å². The van der Waals surface area contributed by atoms with Crippen LogP contribution in [0.2, 0.25) is 0 Å². The summed E-state index contributed by atoms with van der Waals surface area (Å²) in [7, 11) is 0. The van der Waals surface area contributed by atoms with E-state index in [0.717, 1.165) is 11.3 Å². The number of oxime groups is 1. The molecule has 0 radical (unpaired) electrons. The van der Waals surface area contributed by atoms with Crippen LogP contribution in [0, 0.1) is 0 Å². The second-order valence-electron chi connectivity index (χ2n) is 3.30. The zero-order valence-corrected chi connectivity index (χ0v) is 9.61. The van der Waals surface area contributed by atoms with Crippen molar-refractivity contribution in [3.63, 3.8) is 0 Å². The normalized spacial score (nSPS) is 19.5. The van der Waals surface area contributed by atoms with Crippen LogP contribution in [-0.2, 0) is 9.63 Å². The predicted molar refractivity (Wildman–Crippen MR) is 61.3 cm³/mol. The summed E-state index contributed by atoms with van der Waals surface area (Å²) in [5.74, 6) is 0.0321. The number of Topliss-reactive ketones (excluding diaryl/α,β-unsaturated/α-hetero) is 1. The van der Waals surface area contributed by atoms with E-state index in [-0.39, 0.29) is 5.78 Å². The number of hydrogen-bond donors (Lipinski definition) is 0. The van der Waals surface area contributed by atoms with E-state index in [1.54, 1.807) is 0 Å². The van der Waals surface area contributed by atoms with Crippen molar-refractivity contribution in [1.82, 2.24) is 0 Å². The van der Waals surface area contributed by atoms with Crippen LogP contribution < -0.4 is 0 Å². The second kappa shape index (κ2) is 4.57. The van der Waals surface area contributed by atoms with E-state index in [9.17, 15) is 4.79 Å². The highest BCUT2D eigenvalue weighted by atomic mass is 79.9. The topological polar surface area (TPSA) is 38.7 Å². The van der Waals surface area contributed by atoms with Gasteiger partial charge in [-0.25, -0.2) is 0 Å². The van der Waals surface area contributed by atoms with Crippen molar-refractivity contribution in [1.29, 1.82) is 0 Å². The molecule has 0 spiro atoms. The van der Waals surface area contributed by atoms with Crippen LogP contribution in [-0.4, -0.2) is 22.9 Å². The average Bonchev–Trinajstić information content (AvgIpc) is 2.78. The molecule has 15 heavy (non-hydrogen) atoms. The quantitative estimate of drug-likeness (QED) is 0.788. The molecule has 1 heterocycles. The molecule has 1 aliphatic heterocycles. The van der Waals surface area contributed by atoms with Gasteiger partial charge in [-0.15, -0.1) is 0 Å². The SMILES string of the molecule is O=C(CBr)C1CC(c2ccccc2)=NO1. The molecule has 1 aliphatic rings. The van der Waals surface area contributed by atoms with Crippen molar-refractivity contribution in [2.45, 2.75) is 12.5 Å². The minimum atomic E-state index is -0.417. The third-order valence-corrected chi connectivity index (χ3v) is 2.82. The maximum Gasteiger partial charge on any atom is 0.191 e. The summed E-state index contributed by atoms with van der Waals surface area (Å²) >= 11 is 3.12. The second-order valence-corrected chi connectivity index (χ2v) is 3.86. The third kappa shape index (κ3) is 2.26. The molecule has 0 N–H and O–H groups in total. The molecule has 78 valence electrons. The maximum absolute atomic E-state index is 11.3. The van der Waals surface area contributed by atoms with E-state index in [0.29, 0.717) is 11.8 Å². The fourth-order valence-corrected chi connectivity index (χ4v) is 1.80. The number of ketones is 1. The van der Waals surface area contributed by atoms with Crippen LogP contribution in [0.25, 0.3) is 0 Å². The number of carbonyl (C=O) groups is 1. The molecule has 0 aliphatic carbocycles. The summed E-state index contributed by atoms with van der Waals surface area (Å²) in [5.41, 5.74) is 1.86. The predicted octanol–water partition coefficient (Wildman–Crippen LogP) is 2.14. The Morgan fingerprint density at radius 3 is 2.87 bits per heavy atom. The minimum Gasteiger partial charge on any atom is -0.384 e. The van der Waals surface area contributed by atoms with Crippen LogP contribution >= 0.6 is 15.9 Å². The van der Waals surface area contributed by atoms with Gasteiger partial charge in [0, 0.05) is 6.42 Å². The molecule has 2 rings (SSSR count). The largest absolute Gasteiger partial charge is 0.384 e. The molecule has 0 saturated heterocycles. The van der Waals surface area contributed by atoms with Gasteiger partial charge >= 0.3 is 0 Å². The lowest BCUT2D eigenvalue weighted by Gasteiger charge is -2.03. The summed E-state index contributed by atoms with van der Waals surface area (Å²) in [6, 6.07) is 9.75. The van der Waals surface area contributed by atoms with Gasteiger partial charge < -0.3 is 4.84 Å². The fraction of sp³-hybridized carbons (Fsp3) is 0.273. The van der Waals surface area contributed by atoms with Crippen molar-refractivity contribution in [3.8, 4) is 0 Å². The van der Waals surface area contributed by atoms with Gasteiger partial charge in [0.2, 0.25) is 0 Å². The van der Waals surface area contributed by atoms with Gasteiger partial charge in [-0.3, -0.25) is 4.79 Å². The first-order chi connectivity index (χ1) is 7.31. The average molecular weight is 268 g/mol. The summed E-state index contributed by atoms with van der Waals surface area (Å²) in [6.07, 6.45) is 0.147.